The van der Waals surface area contributed by atoms with Crippen LogP contribution in [-0.4, -0.2) is 28.1 Å². The van der Waals surface area contributed by atoms with Crippen LogP contribution in [0.4, 0.5) is 5.69 Å². The van der Waals surface area contributed by atoms with Crippen molar-refractivity contribution < 1.29 is 19.4 Å². The fraction of sp³-hybridized carbons (Fsp3) is 0.227. The number of aromatic nitrogens is 1. The predicted octanol–water partition coefficient (Wildman–Crippen LogP) is 4.44. The van der Waals surface area contributed by atoms with Crippen molar-refractivity contribution in [3.8, 4) is 17.0 Å². The molecule has 1 amide bonds. The van der Waals surface area contributed by atoms with E-state index in [2.05, 4.69) is 4.98 Å². The van der Waals surface area contributed by atoms with Crippen molar-refractivity contribution in [1.29, 1.82) is 0 Å². The number of benzene rings is 2. The van der Waals surface area contributed by atoms with Gasteiger partial charge in [-0.1, -0.05) is 12.1 Å². The number of amides is 1. The van der Waals surface area contributed by atoms with Gasteiger partial charge in [0.05, 0.1) is 28.5 Å². The van der Waals surface area contributed by atoms with Gasteiger partial charge in [0, 0.05) is 10.4 Å². The van der Waals surface area contributed by atoms with E-state index in [1.165, 1.54) is 0 Å². The molecule has 3 aromatic rings. The zero-order valence-corrected chi connectivity index (χ0v) is 17.1. The molecule has 6 nitrogen and oxygen atoms in total. The maximum Gasteiger partial charge on any atom is 0.335 e. The first-order valence-electron chi connectivity index (χ1n) is 9.22. The maximum atomic E-state index is 12.9. The van der Waals surface area contributed by atoms with E-state index >= 15 is 0 Å². The second-order valence-corrected chi connectivity index (χ2v) is 8.41. The number of carboxylic acid groups (broad SMARTS) is 1. The van der Waals surface area contributed by atoms with E-state index in [9.17, 15) is 9.59 Å². The first kappa shape index (κ1) is 19.1. The molecule has 0 bridgehead atoms. The highest BCUT2D eigenvalue weighted by atomic mass is 32.1. The number of carboxylic acids is 1. The van der Waals surface area contributed by atoms with Gasteiger partial charge in [0.1, 0.15) is 5.75 Å². The minimum atomic E-state index is -0.975. The number of hydrogen-bond acceptors (Lipinski definition) is 5. The van der Waals surface area contributed by atoms with E-state index < -0.39 is 12.1 Å². The van der Waals surface area contributed by atoms with Gasteiger partial charge in [-0.25, -0.2) is 9.78 Å². The topological polar surface area (TPSA) is 79.7 Å². The first-order chi connectivity index (χ1) is 13.8. The Kier molecular flexibility index (Phi) is 4.84. The normalized spacial score (nSPS) is 15.8. The summed E-state index contributed by atoms with van der Waals surface area (Å²) in [5.41, 5.74) is 3.59. The highest BCUT2D eigenvalue weighted by Gasteiger charge is 2.32. The predicted molar refractivity (Wildman–Crippen MR) is 112 cm³/mol. The summed E-state index contributed by atoms with van der Waals surface area (Å²) in [5, 5.41) is 10.1. The van der Waals surface area contributed by atoms with E-state index in [1.807, 2.05) is 32.0 Å². The van der Waals surface area contributed by atoms with Crippen LogP contribution in [0.2, 0.25) is 0 Å². The number of carbonyl (C=O) groups excluding carboxylic acids is 1. The van der Waals surface area contributed by atoms with Crippen LogP contribution in [0.1, 0.15) is 32.7 Å². The summed E-state index contributed by atoms with van der Waals surface area (Å²) in [7, 11) is 0. The van der Waals surface area contributed by atoms with Crippen LogP contribution in [0.15, 0.2) is 42.5 Å². The van der Waals surface area contributed by atoms with Crippen molar-refractivity contribution >= 4 is 28.9 Å². The quantitative estimate of drug-likeness (QED) is 0.690. The first-order valence-corrected chi connectivity index (χ1v) is 10.0. The SMILES string of the molecule is Cc1nc(-c2ccc3c(c2)N(Cc2ccc(C(=O)O)cc2)C(=O)C(C)O3)c(C)s1. The Morgan fingerprint density at radius 1 is 1.21 bits per heavy atom. The zero-order chi connectivity index (χ0) is 20.7. The Balaban J connectivity index is 1.72. The van der Waals surface area contributed by atoms with E-state index in [0.29, 0.717) is 18.0 Å². The molecule has 1 aliphatic heterocycles. The van der Waals surface area contributed by atoms with Gasteiger partial charge in [-0.15, -0.1) is 11.3 Å². The largest absolute Gasteiger partial charge is 0.479 e. The number of anilines is 1. The number of nitrogens with zero attached hydrogens (tertiary/aromatic N) is 2. The molecule has 0 spiro atoms. The lowest BCUT2D eigenvalue weighted by Gasteiger charge is -2.33. The highest BCUT2D eigenvalue weighted by molar-refractivity contribution is 7.11. The average molecular weight is 408 g/mol. The molecule has 4 rings (SSSR count). The lowest BCUT2D eigenvalue weighted by Crippen LogP contribution is -2.44. The third-order valence-corrected chi connectivity index (χ3v) is 5.77. The third-order valence-electron chi connectivity index (χ3n) is 4.89. The lowest BCUT2D eigenvalue weighted by molar-refractivity contribution is -0.125. The van der Waals surface area contributed by atoms with Gasteiger partial charge >= 0.3 is 5.97 Å². The molecule has 1 aliphatic rings. The average Bonchev–Trinajstić information content (AvgIpc) is 3.03. The van der Waals surface area contributed by atoms with Gasteiger partial charge in [-0.2, -0.15) is 0 Å². The molecule has 0 saturated heterocycles. The van der Waals surface area contributed by atoms with E-state index in [-0.39, 0.29) is 11.5 Å². The van der Waals surface area contributed by atoms with Crippen LogP contribution in [0.5, 0.6) is 5.75 Å². The van der Waals surface area contributed by atoms with Gasteiger partial charge in [0.25, 0.3) is 5.91 Å². The molecule has 0 aliphatic carbocycles. The minimum absolute atomic E-state index is 0.136. The van der Waals surface area contributed by atoms with Gasteiger partial charge in [-0.05, 0) is 56.7 Å². The third kappa shape index (κ3) is 3.61. The zero-order valence-electron chi connectivity index (χ0n) is 16.3. The second-order valence-electron chi connectivity index (χ2n) is 7.01. The van der Waals surface area contributed by atoms with Crippen LogP contribution in [-0.2, 0) is 11.3 Å². The number of aromatic carboxylic acids is 1. The van der Waals surface area contributed by atoms with E-state index in [1.54, 1.807) is 47.4 Å². The summed E-state index contributed by atoms with van der Waals surface area (Å²) in [6.45, 7) is 6.07. The van der Waals surface area contributed by atoms with Crippen molar-refractivity contribution in [1.82, 2.24) is 4.98 Å². The molecule has 1 aromatic heterocycles. The highest BCUT2D eigenvalue weighted by Crippen LogP contribution is 2.39. The molecule has 0 radical (unpaired) electrons. The molecule has 1 atom stereocenters. The molecule has 29 heavy (non-hydrogen) atoms. The summed E-state index contributed by atoms with van der Waals surface area (Å²) < 4.78 is 5.80. The number of fused-ring (bicyclic) bond motifs is 1. The maximum absolute atomic E-state index is 12.9. The van der Waals surface area contributed by atoms with Crippen LogP contribution in [0.3, 0.4) is 0 Å². The van der Waals surface area contributed by atoms with Gasteiger partial charge in [0.15, 0.2) is 6.10 Å². The smallest absolute Gasteiger partial charge is 0.335 e. The van der Waals surface area contributed by atoms with Crippen molar-refractivity contribution in [3.05, 3.63) is 63.5 Å². The number of thiazole rings is 1. The molecule has 1 unspecified atom stereocenters. The molecule has 2 heterocycles. The van der Waals surface area contributed by atoms with Crippen LogP contribution < -0.4 is 9.64 Å². The molecule has 1 N–H and O–H groups in total. The summed E-state index contributed by atoms with van der Waals surface area (Å²) >= 11 is 1.64. The Hall–Kier alpha value is -3.19. The van der Waals surface area contributed by atoms with Crippen LogP contribution in [0.25, 0.3) is 11.3 Å². The number of hydrogen-bond donors (Lipinski definition) is 1. The van der Waals surface area contributed by atoms with Crippen LogP contribution in [0, 0.1) is 13.8 Å². The molecular formula is C22H20N2O4S. The van der Waals surface area contributed by atoms with Crippen molar-refractivity contribution in [2.24, 2.45) is 0 Å². The molecule has 0 fully saturated rings. The van der Waals surface area contributed by atoms with Crippen molar-refractivity contribution in [2.75, 3.05) is 4.90 Å². The minimum Gasteiger partial charge on any atom is -0.479 e. The molecule has 2 aromatic carbocycles. The van der Waals surface area contributed by atoms with Gasteiger partial charge in [0.2, 0.25) is 0 Å². The van der Waals surface area contributed by atoms with Gasteiger partial charge in [-0.3, -0.25) is 4.79 Å². The summed E-state index contributed by atoms with van der Waals surface area (Å²) in [4.78, 5) is 31.4. The molecule has 148 valence electrons. The number of ether oxygens (including phenoxy) is 1. The number of rotatable bonds is 4. The van der Waals surface area contributed by atoms with Crippen molar-refractivity contribution in [2.45, 2.75) is 33.4 Å². The van der Waals surface area contributed by atoms with E-state index in [4.69, 9.17) is 9.84 Å². The van der Waals surface area contributed by atoms with Crippen molar-refractivity contribution in [3.63, 3.8) is 0 Å². The van der Waals surface area contributed by atoms with E-state index in [0.717, 1.165) is 26.7 Å². The second kappa shape index (κ2) is 7.33. The number of aryl methyl sites for hydroxylation is 2. The van der Waals surface area contributed by atoms with Gasteiger partial charge < -0.3 is 14.7 Å². The Morgan fingerprint density at radius 2 is 1.93 bits per heavy atom. The summed E-state index contributed by atoms with van der Waals surface area (Å²) in [5.74, 6) is -0.465. The number of carbonyl (C=O) groups is 2. The molecular weight excluding hydrogens is 388 g/mol. The Bertz CT molecular complexity index is 1100. The molecule has 0 saturated carbocycles. The molecule has 7 heteroatoms. The fourth-order valence-electron chi connectivity index (χ4n) is 3.45. The Labute approximate surface area is 172 Å². The monoisotopic (exact) mass is 408 g/mol. The standard InChI is InChI=1S/C22H20N2O4S/c1-12-21(25)24(11-15-4-6-16(7-5-15)22(26)27)18-10-17(8-9-19(18)28-12)20-13(2)29-14(3)23-20/h4-10,12H,11H2,1-3H3,(H,26,27). The fourth-order valence-corrected chi connectivity index (χ4v) is 4.29. The lowest BCUT2D eigenvalue weighted by atomic mass is 10.1. The summed E-state index contributed by atoms with van der Waals surface area (Å²) in [6.07, 6.45) is -0.588. The van der Waals surface area contributed by atoms with Crippen LogP contribution >= 0.6 is 11.3 Å². The summed E-state index contributed by atoms with van der Waals surface area (Å²) in [6, 6.07) is 12.3. The Morgan fingerprint density at radius 3 is 2.55 bits per heavy atom.